The molecule has 1 unspecified atom stereocenters. The lowest BCUT2D eigenvalue weighted by Gasteiger charge is -2.34. The van der Waals surface area contributed by atoms with Crippen molar-refractivity contribution in [2.45, 2.75) is 52.7 Å². The average molecular weight is 265 g/mol. The zero-order valence-corrected chi connectivity index (χ0v) is 12.2. The number of ether oxygens (including phenoxy) is 1. The number of fused-ring (bicyclic) bond motifs is 1. The average Bonchev–Trinajstić information content (AvgIpc) is 2.61. The van der Waals surface area contributed by atoms with Gasteiger partial charge in [0.05, 0.1) is 19.6 Å². The van der Waals surface area contributed by atoms with Crippen LogP contribution in [0.1, 0.15) is 49.7 Å². The van der Waals surface area contributed by atoms with Crippen molar-refractivity contribution < 1.29 is 14.6 Å². The molecule has 0 saturated heterocycles. The van der Waals surface area contributed by atoms with Gasteiger partial charge in [0, 0.05) is 23.5 Å². The number of nitrogens with zero attached hydrogens (tertiary/aromatic N) is 1. The zero-order valence-electron chi connectivity index (χ0n) is 12.2. The maximum atomic E-state index is 11.3. The summed E-state index contributed by atoms with van der Waals surface area (Å²) in [5, 5.41) is 10.3. The summed E-state index contributed by atoms with van der Waals surface area (Å²) in [6, 6.07) is 2.05. The molecule has 0 saturated carbocycles. The summed E-state index contributed by atoms with van der Waals surface area (Å²) in [6.45, 7) is 6.99. The first-order valence-electron chi connectivity index (χ1n) is 6.78. The van der Waals surface area contributed by atoms with Crippen LogP contribution in [0.5, 0.6) is 0 Å². The van der Waals surface area contributed by atoms with Gasteiger partial charge in [0.15, 0.2) is 0 Å². The number of rotatable bonds is 3. The summed E-state index contributed by atoms with van der Waals surface area (Å²) in [5.41, 5.74) is 3.40. The van der Waals surface area contributed by atoms with E-state index in [1.807, 2.05) is 13.0 Å². The molecule has 0 amide bonds. The summed E-state index contributed by atoms with van der Waals surface area (Å²) in [6.07, 6.45) is 1.71. The van der Waals surface area contributed by atoms with E-state index in [0.29, 0.717) is 13.0 Å². The second-order valence-electron chi connectivity index (χ2n) is 6.23. The molecule has 1 aromatic rings. The molecular formula is C15H23NO3. The maximum absolute atomic E-state index is 11.3. The minimum Gasteiger partial charge on any atom is -0.469 e. The van der Waals surface area contributed by atoms with Crippen molar-refractivity contribution in [3.63, 3.8) is 0 Å². The molecule has 0 aliphatic heterocycles. The summed E-state index contributed by atoms with van der Waals surface area (Å²) in [5.74, 6) is -0.197. The highest BCUT2D eigenvalue weighted by Gasteiger charge is 2.33. The number of hydrogen-bond acceptors (Lipinski definition) is 3. The number of hydrogen-bond donors (Lipinski definition) is 1. The van der Waals surface area contributed by atoms with Crippen LogP contribution in [0.3, 0.4) is 0 Å². The number of methoxy groups -OCH3 is 1. The Morgan fingerprint density at radius 3 is 2.89 bits per heavy atom. The number of esters is 1. The van der Waals surface area contributed by atoms with Crippen molar-refractivity contribution in [1.82, 2.24) is 4.57 Å². The van der Waals surface area contributed by atoms with Crippen LogP contribution in [0.25, 0.3) is 0 Å². The molecule has 0 bridgehead atoms. The summed E-state index contributed by atoms with van der Waals surface area (Å²) >= 11 is 0. The zero-order chi connectivity index (χ0) is 14.2. The molecule has 4 heteroatoms. The molecule has 1 aromatic heterocycles. The molecule has 1 heterocycles. The highest BCUT2D eigenvalue weighted by Crippen LogP contribution is 2.41. The van der Waals surface area contributed by atoms with Gasteiger partial charge in [-0.3, -0.25) is 4.79 Å². The Balaban J connectivity index is 2.28. The fourth-order valence-electron chi connectivity index (χ4n) is 3.02. The number of carbonyl (C=O) groups is 1. The van der Waals surface area contributed by atoms with Crippen LogP contribution in [0.4, 0.5) is 0 Å². The van der Waals surface area contributed by atoms with E-state index in [9.17, 15) is 9.90 Å². The van der Waals surface area contributed by atoms with Gasteiger partial charge in [0.2, 0.25) is 0 Å². The van der Waals surface area contributed by atoms with E-state index in [1.165, 1.54) is 12.8 Å². The normalized spacial score (nSPS) is 21.0. The summed E-state index contributed by atoms with van der Waals surface area (Å²) < 4.78 is 6.84. The Morgan fingerprint density at radius 1 is 1.58 bits per heavy atom. The van der Waals surface area contributed by atoms with Crippen LogP contribution in [0.2, 0.25) is 0 Å². The van der Waals surface area contributed by atoms with Crippen molar-refractivity contribution in [3.05, 3.63) is 23.0 Å². The predicted octanol–water partition coefficient (Wildman–Crippen LogP) is 2.37. The topological polar surface area (TPSA) is 51.5 Å². The first-order chi connectivity index (χ1) is 8.84. The maximum Gasteiger partial charge on any atom is 0.307 e. The van der Waals surface area contributed by atoms with E-state index in [1.54, 1.807) is 0 Å². The van der Waals surface area contributed by atoms with Gasteiger partial charge >= 0.3 is 5.97 Å². The molecule has 0 aromatic carbocycles. The summed E-state index contributed by atoms with van der Waals surface area (Å²) in [7, 11) is 1.41. The molecule has 106 valence electrons. The third-order valence-corrected chi connectivity index (χ3v) is 3.97. The number of aryl methyl sites for hydroxylation is 1. The second-order valence-corrected chi connectivity index (χ2v) is 6.23. The van der Waals surface area contributed by atoms with Crippen molar-refractivity contribution in [3.8, 4) is 0 Å². The van der Waals surface area contributed by atoms with E-state index < -0.39 is 6.10 Å². The van der Waals surface area contributed by atoms with Crippen molar-refractivity contribution in [2.75, 3.05) is 7.11 Å². The second kappa shape index (κ2) is 5.00. The van der Waals surface area contributed by atoms with Crippen molar-refractivity contribution in [2.24, 2.45) is 5.41 Å². The SMILES string of the molecule is COC(=O)CCn1c(C)cc2c1CC(C)(C)CC2O. The predicted molar refractivity (Wildman–Crippen MR) is 72.9 cm³/mol. The van der Waals surface area contributed by atoms with Crippen molar-refractivity contribution >= 4 is 5.97 Å². The van der Waals surface area contributed by atoms with Gasteiger partial charge < -0.3 is 14.4 Å². The molecule has 1 aliphatic carbocycles. The first-order valence-corrected chi connectivity index (χ1v) is 6.78. The van der Waals surface area contributed by atoms with Crippen LogP contribution < -0.4 is 0 Å². The number of carbonyl (C=O) groups excluding carboxylic acids is 1. The van der Waals surface area contributed by atoms with Crippen LogP contribution in [0, 0.1) is 12.3 Å². The molecular weight excluding hydrogens is 242 g/mol. The van der Waals surface area contributed by atoms with Crippen LogP contribution in [-0.2, 0) is 22.5 Å². The number of aliphatic hydroxyl groups is 1. The van der Waals surface area contributed by atoms with Crippen molar-refractivity contribution in [1.29, 1.82) is 0 Å². The lowest BCUT2D eigenvalue weighted by atomic mass is 9.75. The third-order valence-electron chi connectivity index (χ3n) is 3.97. The lowest BCUT2D eigenvalue weighted by molar-refractivity contribution is -0.140. The van der Waals surface area contributed by atoms with Crippen LogP contribution in [0.15, 0.2) is 6.07 Å². The Hall–Kier alpha value is -1.29. The standard InChI is InChI=1S/C15H23NO3/c1-10-7-11-12(8-15(2,3)9-13(11)17)16(10)6-5-14(18)19-4/h7,13,17H,5-6,8-9H2,1-4H3. The van der Waals surface area contributed by atoms with Crippen LogP contribution >= 0.6 is 0 Å². The minimum absolute atomic E-state index is 0.0974. The Morgan fingerprint density at radius 2 is 2.26 bits per heavy atom. The van der Waals surface area contributed by atoms with Gasteiger partial charge in [-0.2, -0.15) is 0 Å². The van der Waals surface area contributed by atoms with Gasteiger partial charge in [-0.1, -0.05) is 13.8 Å². The minimum atomic E-state index is -0.392. The Bertz CT molecular complexity index is 488. The molecule has 1 atom stereocenters. The molecule has 19 heavy (non-hydrogen) atoms. The third kappa shape index (κ3) is 2.84. The van der Waals surface area contributed by atoms with Crippen LogP contribution in [-0.4, -0.2) is 22.8 Å². The largest absolute Gasteiger partial charge is 0.469 e. The molecule has 4 nitrogen and oxygen atoms in total. The van der Waals surface area contributed by atoms with E-state index >= 15 is 0 Å². The molecule has 0 spiro atoms. The molecule has 1 N–H and O–H groups in total. The van der Waals surface area contributed by atoms with Gasteiger partial charge in [-0.25, -0.2) is 0 Å². The Kier molecular flexibility index (Phi) is 3.72. The lowest BCUT2D eigenvalue weighted by Crippen LogP contribution is -2.27. The van der Waals surface area contributed by atoms with E-state index in [0.717, 1.165) is 24.1 Å². The van der Waals surface area contributed by atoms with Gasteiger partial charge in [0.25, 0.3) is 0 Å². The molecule has 2 rings (SSSR count). The molecule has 0 fully saturated rings. The van der Waals surface area contributed by atoms with Gasteiger partial charge in [-0.05, 0) is 31.2 Å². The summed E-state index contributed by atoms with van der Waals surface area (Å²) in [4.78, 5) is 11.3. The number of aliphatic hydroxyl groups excluding tert-OH is 1. The fourth-order valence-corrected chi connectivity index (χ4v) is 3.02. The van der Waals surface area contributed by atoms with Gasteiger partial charge in [0.1, 0.15) is 0 Å². The number of aromatic nitrogens is 1. The monoisotopic (exact) mass is 265 g/mol. The first kappa shape index (κ1) is 14.1. The highest BCUT2D eigenvalue weighted by molar-refractivity contribution is 5.69. The quantitative estimate of drug-likeness (QED) is 0.854. The molecule has 1 aliphatic rings. The van der Waals surface area contributed by atoms with Gasteiger partial charge in [-0.15, -0.1) is 0 Å². The van der Waals surface area contributed by atoms with E-state index in [-0.39, 0.29) is 11.4 Å². The fraction of sp³-hybridized carbons (Fsp3) is 0.667. The molecule has 0 radical (unpaired) electrons. The van der Waals surface area contributed by atoms with E-state index in [2.05, 4.69) is 18.4 Å². The highest BCUT2D eigenvalue weighted by atomic mass is 16.5. The smallest absolute Gasteiger partial charge is 0.307 e. The van der Waals surface area contributed by atoms with E-state index in [4.69, 9.17) is 4.74 Å². The Labute approximate surface area is 114 Å².